The Morgan fingerprint density at radius 2 is 1.67 bits per heavy atom. The lowest BCUT2D eigenvalue weighted by Gasteiger charge is -2.46. The third kappa shape index (κ3) is 4.64. The van der Waals surface area contributed by atoms with Crippen LogP contribution in [0.15, 0.2) is 77.4 Å². The van der Waals surface area contributed by atoms with E-state index in [4.69, 9.17) is 11.6 Å². The molecule has 0 atom stereocenters. The van der Waals surface area contributed by atoms with Crippen LogP contribution < -0.4 is 4.90 Å². The summed E-state index contributed by atoms with van der Waals surface area (Å²) in [5.74, 6) is -1.00. The molecule has 0 saturated carbocycles. The summed E-state index contributed by atoms with van der Waals surface area (Å²) < 4.78 is 2.45. The molecule has 0 spiro atoms. The number of halogens is 2. The fourth-order valence-corrected chi connectivity index (χ4v) is 5.47. The first-order valence-electron chi connectivity index (χ1n) is 12.2. The maximum atomic E-state index is 13.0. The Morgan fingerprint density at radius 3 is 2.33 bits per heavy atom. The Balaban J connectivity index is 1.06. The van der Waals surface area contributed by atoms with E-state index in [9.17, 15) is 19.5 Å². The van der Waals surface area contributed by atoms with E-state index < -0.39 is 5.60 Å². The predicted octanol–water partition coefficient (Wildman–Crippen LogP) is 4.30. The number of aromatic nitrogens is 3. The van der Waals surface area contributed by atoms with E-state index in [-0.39, 0.29) is 30.8 Å². The Hall–Kier alpha value is -3.86. The van der Waals surface area contributed by atoms with Gasteiger partial charge in [0.1, 0.15) is 5.60 Å². The van der Waals surface area contributed by atoms with Gasteiger partial charge in [0.25, 0.3) is 17.7 Å². The molecule has 0 radical (unpaired) electrons. The van der Waals surface area contributed by atoms with Crippen LogP contribution in [0.3, 0.4) is 0 Å². The molecule has 3 aromatic carbocycles. The Bertz CT molecular complexity index is 1600. The maximum Gasteiger partial charge on any atom is 0.266 e. The van der Waals surface area contributed by atoms with Crippen LogP contribution in [0, 0.1) is 0 Å². The minimum absolute atomic E-state index is 0.194. The number of hydrogen-bond acceptors (Lipinski definition) is 6. The number of imide groups is 1. The van der Waals surface area contributed by atoms with Crippen molar-refractivity contribution in [3.8, 4) is 5.69 Å². The zero-order valence-electron chi connectivity index (χ0n) is 20.4. The van der Waals surface area contributed by atoms with Crippen LogP contribution in [0.1, 0.15) is 43.2 Å². The second-order valence-electron chi connectivity index (χ2n) is 9.67. The van der Waals surface area contributed by atoms with Crippen molar-refractivity contribution >= 4 is 50.9 Å². The molecule has 0 bridgehead atoms. The third-order valence-electron chi connectivity index (χ3n) is 6.97. The van der Waals surface area contributed by atoms with Crippen LogP contribution in [0.2, 0.25) is 5.02 Å². The van der Waals surface area contributed by atoms with Crippen molar-refractivity contribution in [1.82, 2.24) is 19.9 Å². The zero-order valence-corrected chi connectivity index (χ0v) is 22.8. The molecule has 0 unspecified atom stereocenters. The van der Waals surface area contributed by atoms with Gasteiger partial charge < -0.3 is 10.0 Å². The van der Waals surface area contributed by atoms with Gasteiger partial charge in [-0.3, -0.25) is 14.4 Å². The number of nitrogens with zero attached hydrogens (tertiary/aromatic N) is 5. The summed E-state index contributed by atoms with van der Waals surface area (Å²) in [5.41, 5.74) is 1.99. The Labute approximate surface area is 236 Å². The van der Waals surface area contributed by atoms with Gasteiger partial charge >= 0.3 is 0 Å². The summed E-state index contributed by atoms with van der Waals surface area (Å²) in [4.78, 5) is 41.1. The molecule has 1 saturated heterocycles. The van der Waals surface area contributed by atoms with Gasteiger partial charge in [-0.2, -0.15) is 0 Å². The Kier molecular flexibility index (Phi) is 6.33. The number of benzene rings is 3. The van der Waals surface area contributed by atoms with Crippen LogP contribution in [0.5, 0.6) is 0 Å². The van der Waals surface area contributed by atoms with E-state index in [2.05, 4.69) is 26.2 Å². The topological polar surface area (TPSA) is 109 Å². The number of aryl methyl sites for hydroxylation is 1. The summed E-state index contributed by atoms with van der Waals surface area (Å²) >= 11 is 9.58. The van der Waals surface area contributed by atoms with Gasteiger partial charge in [-0.1, -0.05) is 28.9 Å². The Morgan fingerprint density at radius 1 is 1.00 bits per heavy atom. The molecule has 1 N–H and O–H groups in total. The molecule has 4 aromatic rings. The van der Waals surface area contributed by atoms with E-state index in [1.807, 2.05) is 6.07 Å². The molecular formula is C28H21BrClN5O4. The molecule has 11 heteroatoms. The van der Waals surface area contributed by atoms with Crippen molar-refractivity contribution in [3.05, 3.63) is 105 Å². The van der Waals surface area contributed by atoms with Gasteiger partial charge in [0.05, 0.1) is 47.5 Å². The average Bonchev–Trinajstić information content (AvgIpc) is 3.50. The molecule has 1 fully saturated rings. The molecule has 3 heterocycles. The number of β-amino-alcohol motifs (C(OH)–C–C–N with tert-alkyl or cyclic N) is 1. The highest BCUT2D eigenvalue weighted by Gasteiger charge is 2.43. The molecule has 3 amide bonds. The van der Waals surface area contributed by atoms with E-state index in [1.54, 1.807) is 76.4 Å². The first-order valence-corrected chi connectivity index (χ1v) is 13.4. The summed E-state index contributed by atoms with van der Waals surface area (Å²) in [5, 5.41) is 19.9. The molecule has 196 valence electrons. The SMILES string of the molecule is O=C(c1ccc(N2C(=O)c3ccccc3C2=O)cc1)N1CC(O)(CCc2cn(-c3cc(Cl)ccc3Br)nn2)C1. The monoisotopic (exact) mass is 605 g/mol. The molecule has 2 aliphatic heterocycles. The molecule has 0 aliphatic carbocycles. The van der Waals surface area contributed by atoms with Crippen LogP contribution in [-0.4, -0.2) is 61.4 Å². The molecule has 6 rings (SSSR count). The number of anilines is 1. The first-order chi connectivity index (χ1) is 18.7. The summed E-state index contributed by atoms with van der Waals surface area (Å²) in [7, 11) is 0. The second kappa shape index (κ2) is 9.71. The van der Waals surface area contributed by atoms with E-state index in [0.717, 1.165) is 15.1 Å². The van der Waals surface area contributed by atoms with Gasteiger partial charge in [-0.25, -0.2) is 9.58 Å². The lowest BCUT2D eigenvalue weighted by molar-refractivity contribution is -0.0855. The normalized spacial score (nSPS) is 15.9. The van der Waals surface area contributed by atoms with Gasteiger partial charge in [-0.15, -0.1) is 5.10 Å². The van der Waals surface area contributed by atoms with Crippen molar-refractivity contribution in [3.63, 3.8) is 0 Å². The number of aliphatic hydroxyl groups is 1. The largest absolute Gasteiger partial charge is 0.386 e. The number of rotatable bonds is 6. The van der Waals surface area contributed by atoms with Crippen LogP contribution in [-0.2, 0) is 6.42 Å². The van der Waals surface area contributed by atoms with Gasteiger partial charge in [-0.05, 0) is 83.4 Å². The van der Waals surface area contributed by atoms with E-state index in [1.165, 1.54) is 0 Å². The van der Waals surface area contributed by atoms with Crippen molar-refractivity contribution < 1.29 is 19.5 Å². The summed E-state index contributed by atoms with van der Waals surface area (Å²) in [6.07, 6.45) is 2.70. The minimum atomic E-state index is -1.02. The molecule has 1 aromatic heterocycles. The molecular weight excluding hydrogens is 586 g/mol. The number of amides is 3. The zero-order chi connectivity index (χ0) is 27.3. The lowest BCUT2D eigenvalue weighted by atomic mass is 9.88. The molecule has 39 heavy (non-hydrogen) atoms. The number of fused-ring (bicyclic) bond motifs is 1. The third-order valence-corrected chi connectivity index (χ3v) is 7.87. The van der Waals surface area contributed by atoms with Gasteiger partial charge in [0.2, 0.25) is 0 Å². The van der Waals surface area contributed by atoms with Crippen molar-refractivity contribution in [1.29, 1.82) is 0 Å². The van der Waals surface area contributed by atoms with Crippen LogP contribution in [0.4, 0.5) is 5.69 Å². The first kappa shape index (κ1) is 25.4. The summed E-state index contributed by atoms with van der Waals surface area (Å²) in [6.45, 7) is 0.389. The maximum absolute atomic E-state index is 13.0. The lowest BCUT2D eigenvalue weighted by Crippen LogP contribution is -2.63. The van der Waals surface area contributed by atoms with Gasteiger partial charge in [0, 0.05) is 15.1 Å². The van der Waals surface area contributed by atoms with Crippen LogP contribution >= 0.6 is 27.5 Å². The highest BCUT2D eigenvalue weighted by Crippen LogP contribution is 2.31. The number of carbonyl (C=O) groups is 3. The minimum Gasteiger partial charge on any atom is -0.386 e. The molecule has 2 aliphatic rings. The fraction of sp³-hybridized carbons (Fsp3) is 0.179. The van der Waals surface area contributed by atoms with E-state index in [0.29, 0.717) is 45.9 Å². The highest BCUT2D eigenvalue weighted by atomic mass is 79.9. The van der Waals surface area contributed by atoms with Crippen molar-refractivity contribution in [2.75, 3.05) is 18.0 Å². The van der Waals surface area contributed by atoms with Gasteiger partial charge in [0.15, 0.2) is 0 Å². The fourth-order valence-electron chi connectivity index (χ4n) is 4.88. The van der Waals surface area contributed by atoms with E-state index >= 15 is 0 Å². The van der Waals surface area contributed by atoms with Crippen LogP contribution in [0.25, 0.3) is 5.69 Å². The number of hydrogen-bond donors (Lipinski definition) is 1. The summed E-state index contributed by atoms with van der Waals surface area (Å²) in [6, 6.07) is 18.4. The molecule has 9 nitrogen and oxygen atoms in total. The van der Waals surface area contributed by atoms with Crippen molar-refractivity contribution in [2.45, 2.75) is 18.4 Å². The average molecular weight is 607 g/mol. The second-order valence-corrected chi connectivity index (χ2v) is 11.0. The number of carbonyl (C=O) groups excluding carboxylic acids is 3. The standard InChI is InChI=1S/C28H21BrClN5O4/c29-23-10-7-18(30)13-24(23)34-14-19(31-32-34)11-12-28(39)15-33(16-28)25(36)17-5-8-20(9-6-17)35-26(37)21-3-1-2-4-22(21)27(35)38/h1-10,13-14,39H,11-12,15-16H2. The highest BCUT2D eigenvalue weighted by molar-refractivity contribution is 9.10. The van der Waals surface area contributed by atoms with Crippen molar-refractivity contribution in [2.24, 2.45) is 0 Å². The number of likely N-dealkylation sites (tertiary alicyclic amines) is 1. The predicted molar refractivity (Wildman–Crippen MR) is 147 cm³/mol. The smallest absolute Gasteiger partial charge is 0.266 e. The quantitative estimate of drug-likeness (QED) is 0.328.